The molecule has 72 valence electrons. The number of nitrogens with zero attached hydrogens (tertiary/aromatic N) is 1. The summed E-state index contributed by atoms with van der Waals surface area (Å²) in [6.45, 7) is 5.81. The average molecular weight is 172 g/mol. The standard InChI is InChI=1S/C9H20N2O/c1-7(12)6-11-5-3-4-9(10)8(11)2/h7-9,12H,3-6,10H2,1-2H3/t7-,8-,9-/m1/s1. The van der Waals surface area contributed by atoms with Gasteiger partial charge in [0.1, 0.15) is 0 Å². The highest BCUT2D eigenvalue weighted by Gasteiger charge is 2.25. The predicted molar refractivity (Wildman–Crippen MR) is 49.9 cm³/mol. The second-order valence-corrected chi connectivity index (χ2v) is 3.89. The van der Waals surface area contributed by atoms with E-state index in [0.29, 0.717) is 6.04 Å². The van der Waals surface area contributed by atoms with Crippen LogP contribution in [0.2, 0.25) is 0 Å². The third-order valence-corrected chi connectivity index (χ3v) is 2.68. The van der Waals surface area contributed by atoms with E-state index in [1.165, 1.54) is 0 Å². The summed E-state index contributed by atoms with van der Waals surface area (Å²) in [6, 6.07) is 0.714. The Kier molecular flexibility index (Phi) is 3.50. The molecule has 0 spiro atoms. The van der Waals surface area contributed by atoms with E-state index in [0.717, 1.165) is 25.9 Å². The van der Waals surface area contributed by atoms with Crippen molar-refractivity contribution >= 4 is 0 Å². The molecule has 0 aromatic heterocycles. The van der Waals surface area contributed by atoms with Crippen molar-refractivity contribution in [2.45, 2.75) is 44.9 Å². The van der Waals surface area contributed by atoms with Crippen molar-refractivity contribution in [3.05, 3.63) is 0 Å². The Morgan fingerprint density at radius 1 is 1.67 bits per heavy atom. The molecule has 0 saturated carbocycles. The lowest BCUT2D eigenvalue weighted by Gasteiger charge is -2.38. The number of nitrogens with two attached hydrogens (primary N) is 1. The number of hydrogen-bond acceptors (Lipinski definition) is 3. The molecule has 0 aromatic carbocycles. The van der Waals surface area contributed by atoms with E-state index >= 15 is 0 Å². The van der Waals surface area contributed by atoms with Gasteiger partial charge in [-0.05, 0) is 33.2 Å². The first-order valence-corrected chi connectivity index (χ1v) is 4.79. The quantitative estimate of drug-likeness (QED) is 0.624. The first kappa shape index (κ1) is 9.96. The molecule has 1 saturated heterocycles. The van der Waals surface area contributed by atoms with Crippen molar-refractivity contribution in [1.82, 2.24) is 4.90 Å². The Labute approximate surface area is 74.5 Å². The zero-order valence-electron chi connectivity index (χ0n) is 8.03. The molecule has 3 atom stereocenters. The molecule has 3 nitrogen and oxygen atoms in total. The molecular weight excluding hydrogens is 152 g/mol. The SMILES string of the molecule is C[C@@H]1[C@H](N)CCCN1C[C@@H](C)O. The van der Waals surface area contributed by atoms with Crippen LogP contribution >= 0.6 is 0 Å². The van der Waals surface area contributed by atoms with Crippen molar-refractivity contribution in [3.8, 4) is 0 Å². The maximum atomic E-state index is 9.23. The molecule has 1 rings (SSSR count). The molecule has 0 unspecified atom stereocenters. The lowest BCUT2D eigenvalue weighted by atomic mass is 9.98. The zero-order valence-corrected chi connectivity index (χ0v) is 8.03. The normalized spacial score (nSPS) is 35.0. The first-order valence-electron chi connectivity index (χ1n) is 4.79. The van der Waals surface area contributed by atoms with Crippen LogP contribution in [0, 0.1) is 0 Å². The number of likely N-dealkylation sites (tertiary alicyclic amines) is 1. The Hall–Kier alpha value is -0.120. The van der Waals surface area contributed by atoms with E-state index in [1.807, 2.05) is 6.92 Å². The predicted octanol–water partition coefficient (Wildman–Crippen LogP) is 0.179. The van der Waals surface area contributed by atoms with E-state index in [4.69, 9.17) is 5.73 Å². The second kappa shape index (κ2) is 4.21. The highest BCUT2D eigenvalue weighted by molar-refractivity contribution is 4.84. The van der Waals surface area contributed by atoms with E-state index < -0.39 is 0 Å². The molecule has 0 radical (unpaired) electrons. The van der Waals surface area contributed by atoms with Crippen LogP contribution in [0.15, 0.2) is 0 Å². The van der Waals surface area contributed by atoms with Crippen molar-refractivity contribution in [2.75, 3.05) is 13.1 Å². The molecule has 3 heteroatoms. The van der Waals surface area contributed by atoms with Gasteiger partial charge in [-0.15, -0.1) is 0 Å². The summed E-state index contributed by atoms with van der Waals surface area (Å²) in [6.07, 6.45) is 2.05. The molecule has 0 bridgehead atoms. The third kappa shape index (κ3) is 2.44. The summed E-state index contributed by atoms with van der Waals surface area (Å²) in [7, 11) is 0. The molecule has 1 aliphatic rings. The number of rotatable bonds is 2. The van der Waals surface area contributed by atoms with Gasteiger partial charge in [-0.2, -0.15) is 0 Å². The maximum absolute atomic E-state index is 9.23. The summed E-state index contributed by atoms with van der Waals surface area (Å²) in [5.74, 6) is 0. The smallest absolute Gasteiger partial charge is 0.0639 e. The van der Waals surface area contributed by atoms with Gasteiger partial charge in [0.15, 0.2) is 0 Å². The van der Waals surface area contributed by atoms with E-state index in [1.54, 1.807) is 0 Å². The van der Waals surface area contributed by atoms with Crippen LogP contribution in [0.1, 0.15) is 26.7 Å². The summed E-state index contributed by atoms with van der Waals surface area (Å²) in [5, 5.41) is 9.23. The lowest BCUT2D eigenvalue weighted by Crippen LogP contribution is -2.52. The van der Waals surface area contributed by atoms with Gasteiger partial charge in [-0.25, -0.2) is 0 Å². The maximum Gasteiger partial charge on any atom is 0.0639 e. The van der Waals surface area contributed by atoms with E-state index in [2.05, 4.69) is 11.8 Å². The Balaban J connectivity index is 2.41. The molecule has 0 aromatic rings. The van der Waals surface area contributed by atoms with Crippen molar-refractivity contribution in [1.29, 1.82) is 0 Å². The molecule has 1 fully saturated rings. The van der Waals surface area contributed by atoms with Crippen LogP contribution in [-0.2, 0) is 0 Å². The minimum absolute atomic E-state index is 0.238. The largest absolute Gasteiger partial charge is 0.392 e. The van der Waals surface area contributed by atoms with Crippen LogP contribution in [0.5, 0.6) is 0 Å². The molecule has 0 aliphatic carbocycles. The van der Waals surface area contributed by atoms with Gasteiger partial charge in [0, 0.05) is 18.6 Å². The fourth-order valence-electron chi connectivity index (χ4n) is 1.84. The minimum Gasteiger partial charge on any atom is -0.392 e. The van der Waals surface area contributed by atoms with Crippen LogP contribution < -0.4 is 5.73 Å². The van der Waals surface area contributed by atoms with Crippen LogP contribution in [0.3, 0.4) is 0 Å². The number of aliphatic hydroxyl groups is 1. The summed E-state index contributed by atoms with van der Waals surface area (Å²) in [4.78, 5) is 2.28. The zero-order chi connectivity index (χ0) is 9.14. The fraction of sp³-hybridized carbons (Fsp3) is 1.00. The monoisotopic (exact) mass is 172 g/mol. The topological polar surface area (TPSA) is 49.5 Å². The van der Waals surface area contributed by atoms with E-state index in [9.17, 15) is 5.11 Å². The van der Waals surface area contributed by atoms with Gasteiger partial charge in [-0.3, -0.25) is 4.90 Å². The highest BCUT2D eigenvalue weighted by atomic mass is 16.3. The summed E-state index contributed by atoms with van der Waals surface area (Å²) in [5.41, 5.74) is 5.92. The number of aliphatic hydroxyl groups excluding tert-OH is 1. The van der Waals surface area contributed by atoms with Crippen LogP contribution in [-0.4, -0.2) is 41.3 Å². The molecule has 12 heavy (non-hydrogen) atoms. The van der Waals surface area contributed by atoms with Crippen molar-refractivity contribution < 1.29 is 5.11 Å². The van der Waals surface area contributed by atoms with Gasteiger partial charge in [0.25, 0.3) is 0 Å². The van der Waals surface area contributed by atoms with Crippen LogP contribution in [0.25, 0.3) is 0 Å². The average Bonchev–Trinajstić information content (AvgIpc) is 1.98. The first-order chi connectivity index (χ1) is 5.61. The van der Waals surface area contributed by atoms with Crippen molar-refractivity contribution in [2.24, 2.45) is 5.73 Å². The van der Waals surface area contributed by atoms with Gasteiger partial charge < -0.3 is 10.8 Å². The lowest BCUT2D eigenvalue weighted by molar-refractivity contribution is 0.0740. The summed E-state index contributed by atoms with van der Waals surface area (Å²) >= 11 is 0. The number of piperidine rings is 1. The minimum atomic E-state index is -0.238. The molecule has 0 amide bonds. The Morgan fingerprint density at radius 2 is 2.33 bits per heavy atom. The summed E-state index contributed by atoms with van der Waals surface area (Å²) < 4.78 is 0. The number of hydrogen-bond donors (Lipinski definition) is 2. The van der Waals surface area contributed by atoms with Gasteiger partial charge in [-0.1, -0.05) is 0 Å². The molecule has 1 aliphatic heterocycles. The number of β-amino-alcohol motifs (C(OH)–C–C–N with tert-alkyl or cyclic N) is 1. The Morgan fingerprint density at radius 3 is 2.92 bits per heavy atom. The Bertz CT molecular complexity index is 138. The van der Waals surface area contributed by atoms with Gasteiger partial charge in [0.05, 0.1) is 6.10 Å². The molecule has 1 heterocycles. The van der Waals surface area contributed by atoms with Crippen molar-refractivity contribution in [3.63, 3.8) is 0 Å². The molecular formula is C9H20N2O. The van der Waals surface area contributed by atoms with Crippen LogP contribution in [0.4, 0.5) is 0 Å². The highest BCUT2D eigenvalue weighted by Crippen LogP contribution is 2.15. The molecule has 3 N–H and O–H groups in total. The van der Waals surface area contributed by atoms with E-state index in [-0.39, 0.29) is 12.1 Å². The fourth-order valence-corrected chi connectivity index (χ4v) is 1.84. The second-order valence-electron chi connectivity index (χ2n) is 3.89. The van der Waals surface area contributed by atoms with Gasteiger partial charge in [0.2, 0.25) is 0 Å². The van der Waals surface area contributed by atoms with Gasteiger partial charge >= 0.3 is 0 Å². The third-order valence-electron chi connectivity index (χ3n) is 2.68.